The largest absolute Gasteiger partial charge is 0.481 e. The van der Waals surface area contributed by atoms with Crippen molar-refractivity contribution < 1.29 is 19.4 Å². The molecular formula is C12H16N2O4S. The van der Waals surface area contributed by atoms with E-state index in [0.29, 0.717) is 0 Å². The summed E-state index contributed by atoms with van der Waals surface area (Å²) < 4.78 is 5.17. The maximum absolute atomic E-state index is 12.0. The van der Waals surface area contributed by atoms with Crippen molar-refractivity contribution in [2.75, 3.05) is 13.2 Å². The number of amides is 1. The second kappa shape index (κ2) is 5.28. The Morgan fingerprint density at radius 3 is 3.00 bits per heavy atom. The Bertz CT molecular complexity index is 476. The van der Waals surface area contributed by atoms with E-state index in [1.165, 1.54) is 11.3 Å². The molecule has 3 unspecified atom stereocenters. The highest BCUT2D eigenvalue weighted by atomic mass is 32.1. The number of carbonyl (C=O) groups excluding carboxylic acids is 1. The van der Waals surface area contributed by atoms with Crippen molar-refractivity contribution in [1.82, 2.24) is 5.32 Å². The molecule has 1 aromatic rings. The predicted octanol–water partition coefficient (Wildman–Crippen LogP) is 0.354. The fourth-order valence-corrected chi connectivity index (χ4v) is 2.67. The van der Waals surface area contributed by atoms with Crippen LogP contribution in [0.15, 0.2) is 17.5 Å². The van der Waals surface area contributed by atoms with Crippen LogP contribution in [-0.2, 0) is 14.3 Å². The van der Waals surface area contributed by atoms with Gasteiger partial charge in [0.15, 0.2) is 0 Å². The van der Waals surface area contributed by atoms with Crippen molar-refractivity contribution in [1.29, 1.82) is 0 Å². The molecule has 2 heterocycles. The Morgan fingerprint density at radius 2 is 2.42 bits per heavy atom. The van der Waals surface area contributed by atoms with Crippen molar-refractivity contribution in [2.24, 2.45) is 11.1 Å². The van der Waals surface area contributed by atoms with Gasteiger partial charge >= 0.3 is 5.97 Å². The SMILES string of the molecule is CC1(C(=O)O)COCC1NC(=O)C(N)c1cccs1. The van der Waals surface area contributed by atoms with Crippen LogP contribution in [0.3, 0.4) is 0 Å². The highest BCUT2D eigenvalue weighted by Crippen LogP contribution is 2.29. The van der Waals surface area contributed by atoms with Crippen molar-refractivity contribution in [3.63, 3.8) is 0 Å². The number of carbonyl (C=O) groups is 2. The molecule has 104 valence electrons. The number of aliphatic carboxylic acids is 1. The van der Waals surface area contributed by atoms with Crippen LogP contribution in [0.4, 0.5) is 0 Å². The quantitative estimate of drug-likeness (QED) is 0.740. The van der Waals surface area contributed by atoms with Gasteiger partial charge in [0, 0.05) is 4.88 Å². The molecule has 19 heavy (non-hydrogen) atoms. The molecule has 1 saturated heterocycles. The van der Waals surface area contributed by atoms with Crippen molar-refractivity contribution in [3.8, 4) is 0 Å². The summed E-state index contributed by atoms with van der Waals surface area (Å²) in [6.45, 7) is 1.83. The van der Waals surface area contributed by atoms with Crippen molar-refractivity contribution in [2.45, 2.75) is 19.0 Å². The van der Waals surface area contributed by atoms with E-state index in [0.717, 1.165) is 4.88 Å². The normalized spacial score (nSPS) is 28.0. The molecule has 2 rings (SSSR count). The average molecular weight is 284 g/mol. The number of carboxylic acids is 1. The number of ether oxygens (including phenoxy) is 1. The fourth-order valence-electron chi connectivity index (χ4n) is 1.94. The van der Waals surface area contributed by atoms with Gasteiger partial charge in [-0.25, -0.2) is 0 Å². The molecule has 4 N–H and O–H groups in total. The topological polar surface area (TPSA) is 102 Å². The summed E-state index contributed by atoms with van der Waals surface area (Å²) in [6, 6.07) is 2.24. The first kappa shape index (κ1) is 14.0. The van der Waals surface area contributed by atoms with Gasteiger partial charge < -0.3 is 20.9 Å². The van der Waals surface area contributed by atoms with Crippen molar-refractivity contribution in [3.05, 3.63) is 22.4 Å². The van der Waals surface area contributed by atoms with Gasteiger partial charge in [0.25, 0.3) is 0 Å². The van der Waals surface area contributed by atoms with Crippen LogP contribution in [0, 0.1) is 5.41 Å². The summed E-state index contributed by atoms with van der Waals surface area (Å²) in [5.74, 6) is -1.37. The van der Waals surface area contributed by atoms with E-state index in [1.54, 1.807) is 13.0 Å². The van der Waals surface area contributed by atoms with E-state index < -0.39 is 23.5 Å². The highest BCUT2D eigenvalue weighted by molar-refractivity contribution is 7.10. The van der Waals surface area contributed by atoms with E-state index in [4.69, 9.17) is 10.5 Å². The maximum atomic E-state index is 12.0. The number of rotatable bonds is 4. The lowest BCUT2D eigenvalue weighted by Gasteiger charge is -2.26. The molecule has 0 saturated carbocycles. The van der Waals surface area contributed by atoms with Gasteiger partial charge in [-0.15, -0.1) is 11.3 Å². The molecule has 0 aromatic carbocycles. The van der Waals surface area contributed by atoms with Crippen LogP contribution < -0.4 is 11.1 Å². The Morgan fingerprint density at radius 1 is 1.68 bits per heavy atom. The van der Waals surface area contributed by atoms with Crippen LogP contribution in [0.25, 0.3) is 0 Å². The summed E-state index contributed by atoms with van der Waals surface area (Å²) >= 11 is 1.39. The minimum atomic E-state index is -1.11. The summed E-state index contributed by atoms with van der Waals surface area (Å²) in [5.41, 5.74) is 4.73. The lowest BCUT2D eigenvalue weighted by atomic mass is 9.85. The van der Waals surface area contributed by atoms with Crippen LogP contribution >= 0.6 is 11.3 Å². The summed E-state index contributed by atoms with van der Waals surface area (Å²) in [5, 5.41) is 13.7. The number of hydrogen-bond acceptors (Lipinski definition) is 5. The van der Waals surface area contributed by atoms with Gasteiger partial charge in [0.2, 0.25) is 5.91 Å². The monoisotopic (exact) mass is 284 g/mol. The molecule has 1 amide bonds. The predicted molar refractivity (Wildman–Crippen MR) is 69.7 cm³/mol. The molecule has 0 spiro atoms. The molecule has 1 fully saturated rings. The fraction of sp³-hybridized carbons (Fsp3) is 0.500. The highest BCUT2D eigenvalue weighted by Gasteiger charge is 2.47. The van der Waals surface area contributed by atoms with E-state index in [9.17, 15) is 14.7 Å². The van der Waals surface area contributed by atoms with Gasteiger partial charge in [-0.05, 0) is 18.4 Å². The molecular weight excluding hydrogens is 268 g/mol. The average Bonchev–Trinajstić information content (AvgIpc) is 2.99. The zero-order chi connectivity index (χ0) is 14.0. The first-order valence-electron chi connectivity index (χ1n) is 5.85. The first-order valence-corrected chi connectivity index (χ1v) is 6.73. The Kier molecular flexibility index (Phi) is 3.88. The maximum Gasteiger partial charge on any atom is 0.313 e. The van der Waals surface area contributed by atoms with Crippen LogP contribution in [0.5, 0.6) is 0 Å². The number of nitrogens with two attached hydrogens (primary N) is 1. The van der Waals surface area contributed by atoms with E-state index in [-0.39, 0.29) is 19.1 Å². The second-order valence-corrected chi connectivity index (χ2v) is 5.77. The minimum Gasteiger partial charge on any atom is -0.481 e. The minimum absolute atomic E-state index is 0.0848. The molecule has 0 bridgehead atoms. The smallest absolute Gasteiger partial charge is 0.313 e. The summed E-state index contributed by atoms with van der Waals surface area (Å²) in [4.78, 5) is 24.0. The van der Waals surface area contributed by atoms with Gasteiger partial charge in [0.1, 0.15) is 11.5 Å². The standard InChI is InChI=1S/C12H16N2O4S/c1-12(11(16)17)6-18-5-8(12)14-10(15)9(13)7-3-2-4-19-7/h2-4,8-9H,5-6,13H2,1H3,(H,14,15)(H,16,17). The molecule has 1 aliphatic heterocycles. The number of carboxylic acid groups (broad SMARTS) is 1. The van der Waals surface area contributed by atoms with E-state index in [1.807, 2.05) is 11.4 Å². The lowest BCUT2D eigenvalue weighted by Crippen LogP contribution is -2.51. The zero-order valence-corrected chi connectivity index (χ0v) is 11.3. The number of hydrogen-bond donors (Lipinski definition) is 3. The van der Waals surface area contributed by atoms with Gasteiger partial charge in [-0.2, -0.15) is 0 Å². The molecule has 1 aromatic heterocycles. The second-order valence-electron chi connectivity index (χ2n) is 4.79. The third-order valence-corrected chi connectivity index (χ3v) is 4.35. The molecule has 7 heteroatoms. The molecule has 0 aliphatic carbocycles. The van der Waals surface area contributed by atoms with Crippen LogP contribution in [-0.4, -0.2) is 36.2 Å². The van der Waals surface area contributed by atoms with Gasteiger partial charge in [0.05, 0.1) is 19.3 Å². The van der Waals surface area contributed by atoms with Gasteiger partial charge in [-0.1, -0.05) is 6.07 Å². The Hall–Kier alpha value is -1.44. The zero-order valence-electron chi connectivity index (χ0n) is 10.5. The van der Waals surface area contributed by atoms with Crippen molar-refractivity contribution >= 4 is 23.2 Å². The molecule has 6 nitrogen and oxygen atoms in total. The lowest BCUT2D eigenvalue weighted by molar-refractivity contribution is -0.149. The van der Waals surface area contributed by atoms with E-state index >= 15 is 0 Å². The summed E-state index contributed by atoms with van der Waals surface area (Å²) in [6.07, 6.45) is 0. The van der Waals surface area contributed by atoms with E-state index in [2.05, 4.69) is 5.32 Å². The number of nitrogens with one attached hydrogen (secondary N) is 1. The van der Waals surface area contributed by atoms with Crippen LogP contribution in [0.2, 0.25) is 0 Å². The molecule has 0 radical (unpaired) electrons. The Labute approximate surface area is 114 Å². The number of thiophene rings is 1. The molecule has 1 aliphatic rings. The molecule has 3 atom stereocenters. The van der Waals surface area contributed by atoms with Gasteiger partial charge in [-0.3, -0.25) is 9.59 Å². The Balaban J connectivity index is 2.05. The first-order chi connectivity index (χ1) is 8.95. The third-order valence-electron chi connectivity index (χ3n) is 3.39. The van der Waals surface area contributed by atoms with Crippen LogP contribution in [0.1, 0.15) is 17.8 Å². The third kappa shape index (κ3) is 2.63. The summed E-state index contributed by atoms with van der Waals surface area (Å²) in [7, 11) is 0.